The maximum atomic E-state index is 12.9. The van der Waals surface area contributed by atoms with Gasteiger partial charge in [-0.1, -0.05) is 20.8 Å². The van der Waals surface area contributed by atoms with Gasteiger partial charge in [0.15, 0.2) is 0 Å². The number of methoxy groups -OCH3 is 2. The maximum Gasteiger partial charge on any atom is 0.254 e. The molecule has 166 valence electrons. The van der Waals surface area contributed by atoms with E-state index in [0.717, 1.165) is 5.82 Å². The standard InChI is InChI=1S/C23H30N4O4/c1-23(2,3)22-24-13-17(14-25-22)26-20(28)15-6-8-27(9-7-15)21(29)16-10-18(30-4)12-19(11-16)31-5/h10-15H,6-9H2,1-5H3,(H,26,28). The quantitative estimate of drug-likeness (QED) is 0.789. The van der Waals surface area contributed by atoms with Gasteiger partial charge in [-0.25, -0.2) is 9.97 Å². The first kappa shape index (κ1) is 22.5. The van der Waals surface area contributed by atoms with Crippen LogP contribution in [0.2, 0.25) is 0 Å². The summed E-state index contributed by atoms with van der Waals surface area (Å²) in [6.45, 7) is 7.14. The van der Waals surface area contributed by atoms with E-state index in [2.05, 4.69) is 15.3 Å². The van der Waals surface area contributed by atoms with E-state index >= 15 is 0 Å². The van der Waals surface area contributed by atoms with E-state index in [1.54, 1.807) is 49.7 Å². The van der Waals surface area contributed by atoms with Crippen LogP contribution in [0, 0.1) is 5.92 Å². The molecule has 3 rings (SSSR count). The average molecular weight is 427 g/mol. The van der Waals surface area contributed by atoms with E-state index in [1.165, 1.54) is 0 Å². The van der Waals surface area contributed by atoms with E-state index in [1.807, 2.05) is 20.8 Å². The predicted octanol–water partition coefficient (Wildman–Crippen LogP) is 3.28. The lowest BCUT2D eigenvalue weighted by Gasteiger charge is -2.31. The Bertz CT molecular complexity index is 907. The molecule has 2 aromatic rings. The second-order valence-corrected chi connectivity index (χ2v) is 8.70. The Morgan fingerprint density at radius 1 is 1.00 bits per heavy atom. The number of aromatic nitrogens is 2. The second kappa shape index (κ2) is 9.32. The molecule has 8 nitrogen and oxygen atoms in total. The molecule has 2 amide bonds. The Hall–Kier alpha value is -3.16. The molecule has 1 aliphatic heterocycles. The van der Waals surface area contributed by atoms with Gasteiger partial charge in [-0.3, -0.25) is 9.59 Å². The number of carbonyl (C=O) groups is 2. The van der Waals surface area contributed by atoms with Gasteiger partial charge in [-0.15, -0.1) is 0 Å². The van der Waals surface area contributed by atoms with Gasteiger partial charge in [0.2, 0.25) is 5.91 Å². The molecule has 0 radical (unpaired) electrons. The summed E-state index contributed by atoms with van der Waals surface area (Å²) < 4.78 is 10.5. The summed E-state index contributed by atoms with van der Waals surface area (Å²) >= 11 is 0. The zero-order valence-electron chi connectivity index (χ0n) is 18.8. The molecule has 1 aliphatic rings. The molecule has 1 fully saturated rings. The van der Waals surface area contributed by atoms with Crippen LogP contribution >= 0.6 is 0 Å². The molecule has 0 spiro atoms. The first-order valence-corrected chi connectivity index (χ1v) is 10.4. The van der Waals surface area contributed by atoms with Crippen LogP contribution in [0.5, 0.6) is 11.5 Å². The summed E-state index contributed by atoms with van der Waals surface area (Å²) in [5.74, 6) is 1.54. The van der Waals surface area contributed by atoms with Crippen molar-refractivity contribution in [3.05, 3.63) is 42.0 Å². The van der Waals surface area contributed by atoms with Crippen LogP contribution in [-0.4, -0.2) is 54.0 Å². The fraction of sp³-hybridized carbons (Fsp3) is 0.478. The Morgan fingerprint density at radius 2 is 1.55 bits per heavy atom. The van der Waals surface area contributed by atoms with Crippen molar-refractivity contribution in [1.82, 2.24) is 14.9 Å². The third-order valence-electron chi connectivity index (χ3n) is 5.34. The third kappa shape index (κ3) is 5.51. The molecule has 1 saturated heterocycles. The van der Waals surface area contributed by atoms with Crippen molar-refractivity contribution in [3.8, 4) is 11.5 Å². The molecular formula is C23H30N4O4. The lowest BCUT2D eigenvalue weighted by Crippen LogP contribution is -2.41. The lowest BCUT2D eigenvalue weighted by atomic mass is 9.95. The molecular weight excluding hydrogens is 396 g/mol. The van der Waals surface area contributed by atoms with Gasteiger partial charge in [0.1, 0.15) is 17.3 Å². The van der Waals surface area contributed by atoms with E-state index in [9.17, 15) is 9.59 Å². The molecule has 1 aromatic carbocycles. The van der Waals surface area contributed by atoms with Crippen molar-refractivity contribution in [1.29, 1.82) is 0 Å². The number of nitrogens with zero attached hydrogens (tertiary/aromatic N) is 3. The average Bonchev–Trinajstić information content (AvgIpc) is 2.78. The third-order valence-corrected chi connectivity index (χ3v) is 5.34. The first-order valence-electron chi connectivity index (χ1n) is 10.4. The fourth-order valence-corrected chi connectivity index (χ4v) is 3.48. The first-order chi connectivity index (χ1) is 14.7. The van der Waals surface area contributed by atoms with Crippen LogP contribution in [0.3, 0.4) is 0 Å². The summed E-state index contributed by atoms with van der Waals surface area (Å²) in [7, 11) is 3.10. The number of ether oxygens (including phenoxy) is 2. The lowest BCUT2D eigenvalue weighted by molar-refractivity contribution is -0.121. The van der Waals surface area contributed by atoms with Gasteiger partial charge < -0.3 is 19.7 Å². The number of anilines is 1. The topological polar surface area (TPSA) is 93.7 Å². The normalized spacial score (nSPS) is 14.8. The molecule has 8 heteroatoms. The van der Waals surface area contributed by atoms with Crippen LogP contribution < -0.4 is 14.8 Å². The van der Waals surface area contributed by atoms with Crippen molar-refractivity contribution in [3.63, 3.8) is 0 Å². The van der Waals surface area contributed by atoms with Crippen molar-refractivity contribution < 1.29 is 19.1 Å². The minimum atomic E-state index is -0.161. The molecule has 2 heterocycles. The van der Waals surface area contributed by atoms with Crippen molar-refractivity contribution >= 4 is 17.5 Å². The molecule has 1 aromatic heterocycles. The van der Waals surface area contributed by atoms with Crippen molar-refractivity contribution in [2.45, 2.75) is 39.0 Å². The van der Waals surface area contributed by atoms with Crippen LogP contribution in [0.4, 0.5) is 5.69 Å². The van der Waals surface area contributed by atoms with Crippen molar-refractivity contribution in [2.24, 2.45) is 5.92 Å². The summed E-state index contributed by atoms with van der Waals surface area (Å²) in [6, 6.07) is 5.13. The number of hydrogen-bond donors (Lipinski definition) is 1. The summed E-state index contributed by atoms with van der Waals surface area (Å²) in [5.41, 5.74) is 0.949. The molecule has 0 saturated carbocycles. The van der Waals surface area contributed by atoms with E-state index in [-0.39, 0.29) is 23.1 Å². The molecule has 0 unspecified atom stereocenters. The molecule has 31 heavy (non-hydrogen) atoms. The molecule has 0 aliphatic carbocycles. The van der Waals surface area contributed by atoms with E-state index in [4.69, 9.17) is 9.47 Å². The summed E-state index contributed by atoms with van der Waals surface area (Å²) in [6.07, 6.45) is 4.47. The van der Waals surface area contributed by atoms with E-state index in [0.29, 0.717) is 48.7 Å². The number of nitrogens with one attached hydrogen (secondary N) is 1. The number of likely N-dealkylation sites (tertiary alicyclic amines) is 1. The Morgan fingerprint density at radius 3 is 2.03 bits per heavy atom. The molecule has 0 atom stereocenters. The number of amides is 2. The second-order valence-electron chi connectivity index (χ2n) is 8.70. The minimum Gasteiger partial charge on any atom is -0.497 e. The fourth-order valence-electron chi connectivity index (χ4n) is 3.48. The number of piperidine rings is 1. The van der Waals surface area contributed by atoms with Crippen LogP contribution in [0.15, 0.2) is 30.6 Å². The van der Waals surface area contributed by atoms with Crippen LogP contribution in [0.25, 0.3) is 0 Å². The highest BCUT2D eigenvalue weighted by molar-refractivity contribution is 5.96. The van der Waals surface area contributed by atoms with Crippen LogP contribution in [0.1, 0.15) is 49.8 Å². The SMILES string of the molecule is COc1cc(OC)cc(C(=O)N2CCC(C(=O)Nc3cnc(C(C)(C)C)nc3)CC2)c1. The predicted molar refractivity (Wildman–Crippen MR) is 118 cm³/mol. The van der Waals surface area contributed by atoms with Gasteiger partial charge in [0, 0.05) is 36.1 Å². The van der Waals surface area contributed by atoms with Gasteiger partial charge in [-0.05, 0) is 25.0 Å². The minimum absolute atomic E-state index is 0.0674. The highest BCUT2D eigenvalue weighted by Crippen LogP contribution is 2.26. The van der Waals surface area contributed by atoms with Crippen molar-refractivity contribution in [2.75, 3.05) is 32.6 Å². The smallest absolute Gasteiger partial charge is 0.254 e. The highest BCUT2D eigenvalue weighted by Gasteiger charge is 2.28. The Balaban J connectivity index is 1.58. The zero-order chi connectivity index (χ0) is 22.6. The zero-order valence-corrected chi connectivity index (χ0v) is 18.8. The number of carbonyl (C=O) groups excluding carboxylic acids is 2. The summed E-state index contributed by atoms with van der Waals surface area (Å²) in [4.78, 5) is 36.0. The summed E-state index contributed by atoms with van der Waals surface area (Å²) in [5, 5.41) is 2.90. The van der Waals surface area contributed by atoms with Gasteiger partial charge >= 0.3 is 0 Å². The Labute approximate surface area is 183 Å². The largest absolute Gasteiger partial charge is 0.497 e. The van der Waals surface area contributed by atoms with Gasteiger partial charge in [0.25, 0.3) is 5.91 Å². The van der Waals surface area contributed by atoms with Gasteiger partial charge in [-0.2, -0.15) is 0 Å². The number of benzene rings is 1. The number of hydrogen-bond acceptors (Lipinski definition) is 6. The monoisotopic (exact) mass is 426 g/mol. The highest BCUT2D eigenvalue weighted by atomic mass is 16.5. The maximum absolute atomic E-state index is 12.9. The molecule has 0 bridgehead atoms. The van der Waals surface area contributed by atoms with Crippen LogP contribution in [-0.2, 0) is 10.2 Å². The number of rotatable bonds is 5. The van der Waals surface area contributed by atoms with E-state index < -0.39 is 0 Å². The molecule has 1 N–H and O–H groups in total. The Kier molecular flexibility index (Phi) is 6.77. The van der Waals surface area contributed by atoms with Gasteiger partial charge in [0.05, 0.1) is 32.3 Å².